The van der Waals surface area contributed by atoms with Crippen LogP contribution in [0.1, 0.15) is 30.9 Å². The number of aromatic nitrogens is 1. The second-order valence-electron chi connectivity index (χ2n) is 7.86. The van der Waals surface area contributed by atoms with Gasteiger partial charge in [-0.2, -0.15) is 4.31 Å². The van der Waals surface area contributed by atoms with Crippen molar-refractivity contribution in [1.82, 2.24) is 14.2 Å². The molecule has 0 saturated heterocycles. The van der Waals surface area contributed by atoms with Gasteiger partial charge >= 0.3 is 0 Å². The summed E-state index contributed by atoms with van der Waals surface area (Å²) < 4.78 is 25.7. The molecule has 3 aromatic rings. The second kappa shape index (κ2) is 10.6. The number of hydrogen-bond donors (Lipinski definition) is 1. The molecule has 0 unspecified atom stereocenters. The van der Waals surface area contributed by atoms with Crippen molar-refractivity contribution in [3.63, 3.8) is 0 Å². The van der Waals surface area contributed by atoms with Crippen molar-refractivity contribution in [2.75, 3.05) is 25.9 Å². The van der Waals surface area contributed by atoms with Crippen LogP contribution in [0.15, 0.2) is 60.8 Å². The van der Waals surface area contributed by atoms with Crippen LogP contribution < -0.4 is 0 Å². The van der Waals surface area contributed by atoms with E-state index in [2.05, 4.69) is 11.1 Å². The molecule has 1 aromatic heterocycles. The minimum Gasteiger partial charge on any atom is -0.361 e. The van der Waals surface area contributed by atoms with Crippen LogP contribution in [-0.4, -0.2) is 54.4 Å². The highest BCUT2D eigenvalue weighted by Gasteiger charge is 2.23. The van der Waals surface area contributed by atoms with Gasteiger partial charge in [0.25, 0.3) is 0 Å². The molecular formula is C24H31N3O3S. The van der Waals surface area contributed by atoms with E-state index in [1.54, 1.807) is 4.90 Å². The summed E-state index contributed by atoms with van der Waals surface area (Å²) >= 11 is 0. The first-order chi connectivity index (χ1) is 14.9. The van der Waals surface area contributed by atoms with Crippen molar-refractivity contribution in [3.8, 4) is 0 Å². The zero-order valence-electron chi connectivity index (χ0n) is 18.3. The molecule has 0 aliphatic carbocycles. The highest BCUT2D eigenvalue weighted by atomic mass is 32.2. The van der Waals surface area contributed by atoms with Gasteiger partial charge < -0.3 is 9.88 Å². The molecule has 0 aliphatic heterocycles. The summed E-state index contributed by atoms with van der Waals surface area (Å²) in [7, 11) is -3.44. The third-order valence-electron chi connectivity index (χ3n) is 5.44. The summed E-state index contributed by atoms with van der Waals surface area (Å²) in [5.41, 5.74) is 3.24. The Balaban J connectivity index is 1.77. The summed E-state index contributed by atoms with van der Waals surface area (Å²) in [6, 6.07) is 17.9. The molecule has 2 aromatic carbocycles. The normalized spacial score (nSPS) is 11.8. The number of nitrogens with one attached hydrogen (secondary N) is 1. The highest BCUT2D eigenvalue weighted by Crippen LogP contribution is 2.19. The first kappa shape index (κ1) is 23.0. The maximum absolute atomic E-state index is 13.2. The van der Waals surface area contributed by atoms with Gasteiger partial charge in [0.15, 0.2) is 0 Å². The number of benzene rings is 2. The summed E-state index contributed by atoms with van der Waals surface area (Å²) in [4.78, 5) is 18.2. The predicted octanol–water partition coefficient (Wildman–Crippen LogP) is 3.80. The third-order valence-corrected chi connectivity index (χ3v) is 6.69. The van der Waals surface area contributed by atoms with E-state index in [4.69, 9.17) is 0 Å². The Morgan fingerprint density at radius 1 is 1.00 bits per heavy atom. The van der Waals surface area contributed by atoms with Crippen molar-refractivity contribution in [1.29, 1.82) is 0 Å². The summed E-state index contributed by atoms with van der Waals surface area (Å²) in [6.45, 7) is 3.21. The molecule has 0 aliphatic rings. The number of H-pyrrole nitrogens is 1. The maximum atomic E-state index is 13.2. The molecule has 31 heavy (non-hydrogen) atoms. The number of rotatable bonds is 11. The second-order valence-corrected chi connectivity index (χ2v) is 9.84. The molecule has 1 amide bonds. The van der Waals surface area contributed by atoms with E-state index in [1.807, 2.05) is 61.7 Å². The van der Waals surface area contributed by atoms with Crippen molar-refractivity contribution in [3.05, 3.63) is 71.9 Å². The summed E-state index contributed by atoms with van der Waals surface area (Å²) in [5, 5.41) is 1.15. The standard InChI is InChI=1S/C24H31N3O3S/c1-3-4-15-27(31(2,29)30)19-24(28)26(18-20-10-6-5-7-11-20)16-14-21-17-25-23-13-9-8-12-22(21)23/h5-13,17,25H,3-4,14-16,18-19H2,1-2H3. The van der Waals surface area contributed by atoms with Crippen molar-refractivity contribution in [2.24, 2.45) is 0 Å². The fourth-order valence-electron chi connectivity index (χ4n) is 3.64. The third kappa shape index (κ3) is 6.42. The lowest BCUT2D eigenvalue weighted by Crippen LogP contribution is -2.43. The number of fused-ring (bicyclic) bond motifs is 1. The van der Waals surface area contributed by atoms with Gasteiger partial charge in [-0.3, -0.25) is 4.79 Å². The lowest BCUT2D eigenvalue weighted by molar-refractivity contribution is -0.132. The molecule has 3 rings (SSSR count). The molecule has 1 heterocycles. The quantitative estimate of drug-likeness (QED) is 0.492. The SMILES string of the molecule is CCCCN(CC(=O)N(CCc1c[nH]c2ccccc12)Cc1ccccc1)S(C)(=O)=O. The molecular weight excluding hydrogens is 410 g/mol. The van der Waals surface area contributed by atoms with E-state index in [0.29, 0.717) is 26.1 Å². The van der Waals surface area contributed by atoms with Crippen LogP contribution in [-0.2, 0) is 27.8 Å². The Hall–Kier alpha value is -2.64. The average molecular weight is 442 g/mol. The Labute approximate surface area is 184 Å². The number of carbonyl (C=O) groups is 1. The largest absolute Gasteiger partial charge is 0.361 e. The van der Waals surface area contributed by atoms with Gasteiger partial charge in [0.05, 0.1) is 12.8 Å². The van der Waals surface area contributed by atoms with Crippen molar-refractivity contribution >= 4 is 26.8 Å². The zero-order valence-corrected chi connectivity index (χ0v) is 19.1. The minimum atomic E-state index is -3.44. The molecule has 0 bridgehead atoms. The van der Waals surface area contributed by atoms with Gasteiger partial charge in [0.1, 0.15) is 0 Å². The minimum absolute atomic E-state index is 0.125. The van der Waals surface area contributed by atoms with Crippen molar-refractivity contribution in [2.45, 2.75) is 32.7 Å². The molecule has 0 fully saturated rings. The number of amides is 1. The molecule has 0 radical (unpaired) electrons. The van der Waals surface area contributed by atoms with Crippen molar-refractivity contribution < 1.29 is 13.2 Å². The van der Waals surface area contributed by atoms with Crippen LogP contribution in [0.25, 0.3) is 10.9 Å². The average Bonchev–Trinajstić information content (AvgIpc) is 3.17. The summed E-state index contributed by atoms with van der Waals surface area (Å²) in [6.07, 6.45) is 5.45. The predicted molar refractivity (Wildman–Crippen MR) is 125 cm³/mol. The van der Waals surface area contributed by atoms with Crippen LogP contribution in [0.2, 0.25) is 0 Å². The lowest BCUT2D eigenvalue weighted by atomic mass is 10.1. The van der Waals surface area contributed by atoms with Gasteiger partial charge in [-0.05, 0) is 30.0 Å². The Morgan fingerprint density at radius 3 is 2.42 bits per heavy atom. The van der Waals surface area contributed by atoms with Gasteiger partial charge in [-0.15, -0.1) is 0 Å². The molecule has 1 N–H and O–H groups in total. The number of nitrogens with zero attached hydrogens (tertiary/aromatic N) is 2. The van der Waals surface area contributed by atoms with Crippen LogP contribution in [0, 0.1) is 0 Å². The van der Waals surface area contributed by atoms with Gasteiger partial charge in [-0.25, -0.2) is 8.42 Å². The van der Waals surface area contributed by atoms with Crippen LogP contribution >= 0.6 is 0 Å². The fourth-order valence-corrected chi connectivity index (χ4v) is 4.44. The van der Waals surface area contributed by atoms with E-state index in [0.717, 1.165) is 34.9 Å². The monoisotopic (exact) mass is 441 g/mol. The van der Waals surface area contributed by atoms with E-state index < -0.39 is 10.0 Å². The Bertz CT molecular complexity index is 1090. The molecule has 0 atom stereocenters. The Morgan fingerprint density at radius 2 is 1.71 bits per heavy atom. The van der Waals surface area contributed by atoms with Gasteiger partial charge in [0.2, 0.25) is 15.9 Å². The topological polar surface area (TPSA) is 73.5 Å². The van der Waals surface area contributed by atoms with Crippen LogP contribution in [0.5, 0.6) is 0 Å². The highest BCUT2D eigenvalue weighted by molar-refractivity contribution is 7.88. The molecule has 7 heteroatoms. The number of carbonyl (C=O) groups excluding carboxylic acids is 1. The first-order valence-corrected chi connectivity index (χ1v) is 12.5. The molecule has 0 saturated carbocycles. The van der Waals surface area contributed by atoms with E-state index in [9.17, 15) is 13.2 Å². The number of unbranched alkanes of at least 4 members (excludes halogenated alkanes) is 1. The maximum Gasteiger partial charge on any atom is 0.238 e. The Kier molecular flexibility index (Phi) is 7.87. The molecule has 0 spiro atoms. The fraction of sp³-hybridized carbons (Fsp3) is 0.375. The van der Waals surface area contributed by atoms with E-state index >= 15 is 0 Å². The summed E-state index contributed by atoms with van der Waals surface area (Å²) in [5.74, 6) is -0.176. The number of hydrogen-bond acceptors (Lipinski definition) is 3. The zero-order chi connectivity index (χ0) is 22.3. The van der Waals surface area contributed by atoms with Gasteiger partial charge in [0, 0.05) is 36.7 Å². The van der Waals surface area contributed by atoms with E-state index in [1.165, 1.54) is 10.6 Å². The number of sulfonamides is 1. The lowest BCUT2D eigenvalue weighted by Gasteiger charge is -2.26. The van der Waals surface area contributed by atoms with E-state index in [-0.39, 0.29) is 12.5 Å². The van der Waals surface area contributed by atoms with Crippen LogP contribution in [0.4, 0.5) is 0 Å². The molecule has 166 valence electrons. The van der Waals surface area contributed by atoms with Gasteiger partial charge in [-0.1, -0.05) is 61.9 Å². The number of para-hydroxylation sites is 1. The first-order valence-electron chi connectivity index (χ1n) is 10.7. The van der Waals surface area contributed by atoms with Crippen LogP contribution in [0.3, 0.4) is 0 Å². The smallest absolute Gasteiger partial charge is 0.238 e. The number of aromatic amines is 1. The molecule has 6 nitrogen and oxygen atoms in total.